The summed E-state index contributed by atoms with van der Waals surface area (Å²) in [5.74, 6) is -0.601. The van der Waals surface area contributed by atoms with Crippen LogP contribution in [0.15, 0.2) is 47.5 Å². The summed E-state index contributed by atoms with van der Waals surface area (Å²) in [6.07, 6.45) is -2.62. The van der Waals surface area contributed by atoms with Gasteiger partial charge in [0.05, 0.1) is 22.2 Å². The van der Waals surface area contributed by atoms with Gasteiger partial charge in [-0.2, -0.15) is 18.3 Å². The summed E-state index contributed by atoms with van der Waals surface area (Å²) in [5, 5.41) is 18.4. The molecule has 3 amide bonds. The number of fused-ring (bicyclic) bond motifs is 1. The van der Waals surface area contributed by atoms with Crippen molar-refractivity contribution < 1.29 is 32.7 Å². The highest BCUT2D eigenvalue weighted by Crippen LogP contribution is 2.43. The number of amides is 3. The quantitative estimate of drug-likeness (QED) is 0.299. The van der Waals surface area contributed by atoms with E-state index in [0.717, 1.165) is 11.0 Å². The smallest absolute Gasteiger partial charge is 0.416 e. The van der Waals surface area contributed by atoms with E-state index in [9.17, 15) is 27.6 Å². The molecule has 2 fully saturated rings. The maximum absolute atomic E-state index is 13.9. The van der Waals surface area contributed by atoms with Gasteiger partial charge in [0.2, 0.25) is 0 Å². The van der Waals surface area contributed by atoms with Crippen LogP contribution in [-0.4, -0.2) is 49.5 Å². The van der Waals surface area contributed by atoms with Crippen molar-refractivity contribution in [3.63, 3.8) is 0 Å². The van der Waals surface area contributed by atoms with Gasteiger partial charge in [-0.1, -0.05) is 23.7 Å². The fourth-order valence-electron chi connectivity index (χ4n) is 5.18. The van der Waals surface area contributed by atoms with Crippen molar-refractivity contribution in [2.45, 2.75) is 50.4 Å². The van der Waals surface area contributed by atoms with Crippen molar-refractivity contribution in [1.29, 1.82) is 0 Å². The van der Waals surface area contributed by atoms with E-state index in [1.807, 2.05) is 0 Å². The van der Waals surface area contributed by atoms with Gasteiger partial charge in [0, 0.05) is 22.5 Å². The number of hydrogen-bond donors (Lipinski definition) is 3. The van der Waals surface area contributed by atoms with E-state index in [-0.39, 0.29) is 33.9 Å². The van der Waals surface area contributed by atoms with Gasteiger partial charge in [-0.15, -0.1) is 0 Å². The maximum atomic E-state index is 13.9. The maximum Gasteiger partial charge on any atom is 0.416 e. The Morgan fingerprint density at radius 2 is 2.00 bits per heavy atom. The molecule has 2 heterocycles. The molecule has 1 saturated heterocycles. The molecule has 204 valence electrons. The van der Waals surface area contributed by atoms with Crippen LogP contribution in [-0.2, 0) is 17.4 Å². The minimum Gasteiger partial charge on any atom is -0.465 e. The van der Waals surface area contributed by atoms with Crippen molar-refractivity contribution in [2.24, 2.45) is 0 Å². The first-order valence-corrected chi connectivity index (χ1v) is 13.3. The largest absolute Gasteiger partial charge is 0.465 e. The number of aromatic amines is 1. The third-order valence-corrected chi connectivity index (χ3v) is 8.18. The number of hydrogen-bond acceptors (Lipinski definition) is 5. The number of nitrogens with one attached hydrogen (secondary N) is 2. The Hall–Kier alpha value is -3.51. The summed E-state index contributed by atoms with van der Waals surface area (Å²) < 4.78 is 41.8. The normalized spacial score (nSPS) is 21.5. The van der Waals surface area contributed by atoms with Crippen LogP contribution in [0.25, 0.3) is 16.5 Å². The average molecular weight is 579 g/mol. The SMILES string of the molecule is O=C(O)NC1CCCC(N2C(=O)SC(=C(Cc3ccc(Cl)cc3C(F)(F)F)c3ccc4[nH]ncc4c3)C2=O)C1. The van der Waals surface area contributed by atoms with Gasteiger partial charge >= 0.3 is 12.3 Å². The van der Waals surface area contributed by atoms with Gasteiger partial charge in [-0.05, 0) is 84.8 Å². The number of H-pyrrole nitrogens is 1. The molecular weight excluding hydrogens is 557 g/mol. The van der Waals surface area contributed by atoms with Crippen molar-refractivity contribution in [2.75, 3.05) is 0 Å². The summed E-state index contributed by atoms with van der Waals surface area (Å²) in [7, 11) is 0. The van der Waals surface area contributed by atoms with Crippen LogP contribution in [0.1, 0.15) is 42.4 Å². The van der Waals surface area contributed by atoms with Crippen molar-refractivity contribution in [1.82, 2.24) is 20.4 Å². The first kappa shape index (κ1) is 27.1. The molecule has 2 aliphatic rings. The molecule has 8 nitrogen and oxygen atoms in total. The predicted octanol–water partition coefficient (Wildman–Crippen LogP) is 6.46. The number of rotatable bonds is 5. The second-order valence-corrected chi connectivity index (χ2v) is 10.9. The second-order valence-electron chi connectivity index (χ2n) is 9.47. The van der Waals surface area contributed by atoms with Crippen LogP contribution in [0, 0.1) is 0 Å². The van der Waals surface area contributed by atoms with Gasteiger partial charge in [0.25, 0.3) is 11.1 Å². The Morgan fingerprint density at radius 3 is 2.74 bits per heavy atom. The molecule has 13 heteroatoms. The van der Waals surface area contributed by atoms with Crippen LogP contribution >= 0.6 is 23.4 Å². The van der Waals surface area contributed by atoms with Crippen LogP contribution < -0.4 is 5.32 Å². The molecule has 2 atom stereocenters. The van der Waals surface area contributed by atoms with E-state index >= 15 is 0 Å². The number of imide groups is 1. The van der Waals surface area contributed by atoms with Gasteiger partial charge in [0.1, 0.15) is 0 Å². The first-order chi connectivity index (χ1) is 18.5. The molecule has 3 aromatic rings. The molecule has 39 heavy (non-hydrogen) atoms. The van der Waals surface area contributed by atoms with Crippen LogP contribution in [0.3, 0.4) is 0 Å². The molecule has 3 N–H and O–H groups in total. The van der Waals surface area contributed by atoms with E-state index in [2.05, 4.69) is 15.5 Å². The fraction of sp³-hybridized carbons (Fsp3) is 0.308. The van der Waals surface area contributed by atoms with Gasteiger partial charge in [0.15, 0.2) is 0 Å². The molecule has 1 aliphatic heterocycles. The summed E-state index contributed by atoms with van der Waals surface area (Å²) in [6, 6.07) is 7.61. The molecule has 5 rings (SSSR count). The number of halogens is 4. The van der Waals surface area contributed by atoms with Gasteiger partial charge in [-0.25, -0.2) is 4.79 Å². The lowest BCUT2D eigenvalue weighted by atomic mass is 9.89. The fourth-order valence-corrected chi connectivity index (χ4v) is 6.36. The Bertz CT molecular complexity index is 1510. The molecule has 2 aromatic carbocycles. The first-order valence-electron chi connectivity index (χ1n) is 12.1. The lowest BCUT2D eigenvalue weighted by molar-refractivity contribution is -0.138. The Balaban J connectivity index is 1.58. The molecular formula is C26H22ClF3N4O4S. The second kappa shape index (κ2) is 10.6. The van der Waals surface area contributed by atoms with E-state index in [0.29, 0.717) is 47.5 Å². The number of allylic oxidation sites excluding steroid dienone is 1. The molecule has 1 saturated carbocycles. The molecule has 2 unspecified atom stereocenters. The summed E-state index contributed by atoms with van der Waals surface area (Å²) in [5.41, 5.74) is 0.433. The lowest BCUT2D eigenvalue weighted by Crippen LogP contribution is -2.47. The van der Waals surface area contributed by atoms with Crippen LogP contribution in [0.4, 0.5) is 22.8 Å². The predicted molar refractivity (Wildman–Crippen MR) is 140 cm³/mol. The monoisotopic (exact) mass is 578 g/mol. The standard InChI is InChI=1S/C26H22ClF3N4O4S/c27-16-6-4-14(20(10-16)26(28,29)30)9-19(13-5-7-21-15(8-13)12-31-33-21)22-23(35)34(25(38)39-22)18-3-1-2-17(11-18)32-24(36)37/h4-8,10,12,17-18,32H,1-3,9,11H2,(H,31,33)(H,36,37). The van der Waals surface area contributed by atoms with Crippen molar-refractivity contribution in [3.05, 3.63) is 69.2 Å². The third-order valence-electron chi connectivity index (χ3n) is 6.95. The van der Waals surface area contributed by atoms with Crippen molar-refractivity contribution in [3.8, 4) is 0 Å². The molecule has 0 bridgehead atoms. The summed E-state index contributed by atoms with van der Waals surface area (Å²) in [6.45, 7) is 0. The lowest BCUT2D eigenvalue weighted by Gasteiger charge is -2.33. The highest BCUT2D eigenvalue weighted by molar-refractivity contribution is 8.18. The topological polar surface area (TPSA) is 115 Å². The zero-order valence-electron chi connectivity index (χ0n) is 20.2. The van der Waals surface area contributed by atoms with E-state index < -0.39 is 41.1 Å². The Kier molecular flexibility index (Phi) is 7.34. The number of carboxylic acid groups (broad SMARTS) is 1. The van der Waals surface area contributed by atoms with Gasteiger partial charge in [-0.3, -0.25) is 19.6 Å². The number of carbonyl (C=O) groups excluding carboxylic acids is 2. The van der Waals surface area contributed by atoms with Crippen LogP contribution in [0.2, 0.25) is 5.02 Å². The highest BCUT2D eigenvalue weighted by Gasteiger charge is 2.43. The number of nitrogens with zero attached hydrogens (tertiary/aromatic N) is 2. The third kappa shape index (κ3) is 5.62. The van der Waals surface area contributed by atoms with E-state index in [1.165, 1.54) is 12.1 Å². The van der Waals surface area contributed by atoms with Gasteiger partial charge < -0.3 is 10.4 Å². The molecule has 0 radical (unpaired) electrons. The van der Waals surface area contributed by atoms with E-state index in [1.54, 1.807) is 24.4 Å². The van der Waals surface area contributed by atoms with Crippen molar-refractivity contribution >= 4 is 57.1 Å². The number of benzene rings is 2. The van der Waals surface area contributed by atoms with E-state index in [4.69, 9.17) is 16.7 Å². The zero-order valence-corrected chi connectivity index (χ0v) is 21.8. The number of alkyl halides is 3. The zero-order chi connectivity index (χ0) is 27.9. The number of aromatic nitrogens is 2. The Morgan fingerprint density at radius 1 is 1.21 bits per heavy atom. The summed E-state index contributed by atoms with van der Waals surface area (Å²) in [4.78, 5) is 39.2. The highest BCUT2D eigenvalue weighted by atomic mass is 35.5. The molecule has 1 aromatic heterocycles. The molecule has 1 aliphatic carbocycles. The Labute approximate surface area is 229 Å². The average Bonchev–Trinajstić information content (AvgIpc) is 3.45. The number of carbonyl (C=O) groups is 3. The summed E-state index contributed by atoms with van der Waals surface area (Å²) >= 11 is 6.56. The number of thioether (sulfide) groups is 1. The minimum absolute atomic E-state index is 0.0410. The molecule has 0 spiro atoms. The minimum atomic E-state index is -4.69. The van der Waals surface area contributed by atoms with Crippen LogP contribution in [0.5, 0.6) is 0 Å².